The van der Waals surface area contributed by atoms with Gasteiger partial charge in [-0.1, -0.05) is 0 Å². The lowest BCUT2D eigenvalue weighted by molar-refractivity contribution is 0.353. The van der Waals surface area contributed by atoms with Crippen LogP contribution in [0.25, 0.3) is 0 Å². The van der Waals surface area contributed by atoms with E-state index in [1.54, 1.807) is 0 Å². The van der Waals surface area contributed by atoms with Crippen LogP contribution in [0.5, 0.6) is 0 Å². The van der Waals surface area contributed by atoms with E-state index in [-0.39, 0.29) is 0 Å². The molecule has 0 aromatic heterocycles. The second-order valence-corrected chi connectivity index (χ2v) is 5.49. The fourth-order valence-electron chi connectivity index (χ4n) is 2.60. The van der Waals surface area contributed by atoms with Crippen LogP contribution in [0.1, 0.15) is 45.4 Å². The number of rotatable bonds is 5. The van der Waals surface area contributed by atoms with E-state index in [1.165, 1.54) is 38.5 Å². The lowest BCUT2D eigenvalue weighted by Crippen LogP contribution is -2.40. The van der Waals surface area contributed by atoms with Crippen molar-refractivity contribution in [2.45, 2.75) is 57.5 Å². The molecule has 1 heteroatoms. The van der Waals surface area contributed by atoms with E-state index in [2.05, 4.69) is 12.2 Å². The Morgan fingerprint density at radius 3 is 1.69 bits per heavy atom. The van der Waals surface area contributed by atoms with Gasteiger partial charge in [-0.2, -0.15) is 0 Å². The van der Waals surface area contributed by atoms with Crippen molar-refractivity contribution < 1.29 is 0 Å². The second-order valence-electron chi connectivity index (χ2n) is 5.49. The van der Waals surface area contributed by atoms with E-state index in [9.17, 15) is 0 Å². The van der Waals surface area contributed by atoms with Crippen molar-refractivity contribution in [2.24, 2.45) is 17.8 Å². The van der Waals surface area contributed by atoms with Crippen molar-refractivity contribution in [1.29, 1.82) is 0 Å². The molecule has 3 saturated carbocycles. The zero-order valence-corrected chi connectivity index (χ0v) is 8.63. The smallest absolute Gasteiger partial charge is 0.0126 e. The van der Waals surface area contributed by atoms with Gasteiger partial charge in [-0.25, -0.2) is 0 Å². The van der Waals surface area contributed by atoms with E-state index >= 15 is 0 Å². The van der Waals surface area contributed by atoms with Crippen molar-refractivity contribution in [3.63, 3.8) is 0 Å². The summed E-state index contributed by atoms with van der Waals surface area (Å²) in [7, 11) is 0. The molecule has 74 valence electrons. The molecule has 3 aliphatic carbocycles. The Morgan fingerprint density at radius 2 is 1.31 bits per heavy atom. The first kappa shape index (κ1) is 8.28. The highest BCUT2D eigenvalue weighted by molar-refractivity contribution is 4.98. The lowest BCUT2D eigenvalue weighted by Gasteiger charge is -2.22. The first-order chi connectivity index (χ1) is 6.34. The molecule has 0 amide bonds. The van der Waals surface area contributed by atoms with Gasteiger partial charge in [0.15, 0.2) is 0 Å². The average Bonchev–Trinajstić information content (AvgIpc) is 3.05. The van der Waals surface area contributed by atoms with Crippen LogP contribution in [0.15, 0.2) is 0 Å². The van der Waals surface area contributed by atoms with Gasteiger partial charge in [-0.3, -0.25) is 0 Å². The Labute approximate surface area is 81.3 Å². The summed E-state index contributed by atoms with van der Waals surface area (Å²) >= 11 is 0. The van der Waals surface area contributed by atoms with Gasteiger partial charge in [-0.05, 0) is 63.2 Å². The molecular formula is C12H21N. The van der Waals surface area contributed by atoms with Crippen LogP contribution in [0.4, 0.5) is 0 Å². The Kier molecular flexibility index (Phi) is 1.90. The highest BCUT2D eigenvalue weighted by Gasteiger charge is 2.43. The van der Waals surface area contributed by atoms with Crippen LogP contribution in [0.2, 0.25) is 0 Å². The van der Waals surface area contributed by atoms with Gasteiger partial charge in [0.25, 0.3) is 0 Å². The SMILES string of the molecule is CC(NC(C1CC1)C1CC1)C1CC1. The Bertz CT molecular complexity index is 177. The maximum Gasteiger partial charge on any atom is 0.0126 e. The maximum absolute atomic E-state index is 3.90. The molecule has 3 aliphatic rings. The topological polar surface area (TPSA) is 12.0 Å². The summed E-state index contributed by atoms with van der Waals surface area (Å²) < 4.78 is 0. The predicted molar refractivity (Wildman–Crippen MR) is 54.6 cm³/mol. The van der Waals surface area contributed by atoms with Crippen molar-refractivity contribution >= 4 is 0 Å². The molecule has 1 nitrogen and oxygen atoms in total. The van der Waals surface area contributed by atoms with Crippen LogP contribution < -0.4 is 5.32 Å². The molecule has 1 N–H and O–H groups in total. The van der Waals surface area contributed by atoms with Crippen molar-refractivity contribution in [1.82, 2.24) is 5.32 Å². The molecule has 1 unspecified atom stereocenters. The predicted octanol–water partition coefficient (Wildman–Crippen LogP) is 2.56. The highest BCUT2D eigenvalue weighted by atomic mass is 15.0. The van der Waals surface area contributed by atoms with Crippen molar-refractivity contribution in [2.75, 3.05) is 0 Å². The zero-order chi connectivity index (χ0) is 8.84. The molecule has 0 heterocycles. The quantitative estimate of drug-likeness (QED) is 0.684. The molecule has 0 bridgehead atoms. The zero-order valence-electron chi connectivity index (χ0n) is 8.63. The second kappa shape index (κ2) is 2.98. The molecular weight excluding hydrogens is 158 g/mol. The minimum atomic E-state index is 0.811. The van der Waals surface area contributed by atoms with Gasteiger partial charge < -0.3 is 5.32 Å². The minimum Gasteiger partial charge on any atom is -0.311 e. The van der Waals surface area contributed by atoms with Crippen LogP contribution in [0, 0.1) is 17.8 Å². The molecule has 3 rings (SSSR count). The third kappa shape index (κ3) is 1.90. The van der Waals surface area contributed by atoms with Crippen LogP contribution in [0.3, 0.4) is 0 Å². The maximum atomic E-state index is 3.90. The molecule has 0 aliphatic heterocycles. The molecule has 1 atom stereocenters. The third-order valence-electron chi connectivity index (χ3n) is 4.04. The van der Waals surface area contributed by atoms with Crippen LogP contribution >= 0.6 is 0 Å². The van der Waals surface area contributed by atoms with Gasteiger partial charge in [0, 0.05) is 12.1 Å². The summed E-state index contributed by atoms with van der Waals surface area (Å²) in [6.45, 7) is 2.40. The standard InChI is InChI=1S/C12H21N/c1-8(9-2-3-9)13-12(10-4-5-10)11-6-7-11/h8-13H,2-7H2,1H3. The molecule has 0 aromatic rings. The highest BCUT2D eigenvalue weighted by Crippen LogP contribution is 2.45. The Balaban J connectivity index is 1.54. The minimum absolute atomic E-state index is 0.811. The first-order valence-corrected chi connectivity index (χ1v) is 6.10. The largest absolute Gasteiger partial charge is 0.311 e. The molecule has 13 heavy (non-hydrogen) atoms. The summed E-state index contributed by atoms with van der Waals surface area (Å²) in [5.74, 6) is 3.15. The number of nitrogens with one attached hydrogen (secondary N) is 1. The summed E-state index contributed by atoms with van der Waals surface area (Å²) in [5.41, 5.74) is 0. The van der Waals surface area contributed by atoms with E-state index in [4.69, 9.17) is 0 Å². The lowest BCUT2D eigenvalue weighted by atomic mass is 10.1. The van der Waals surface area contributed by atoms with E-state index < -0.39 is 0 Å². The number of hydrogen-bond donors (Lipinski definition) is 1. The summed E-state index contributed by atoms with van der Waals surface area (Å²) in [4.78, 5) is 0. The third-order valence-corrected chi connectivity index (χ3v) is 4.04. The van der Waals surface area contributed by atoms with Crippen molar-refractivity contribution in [3.8, 4) is 0 Å². The first-order valence-electron chi connectivity index (χ1n) is 6.10. The summed E-state index contributed by atoms with van der Waals surface area (Å²) in [6.07, 6.45) is 8.99. The Hall–Kier alpha value is -0.0400. The van der Waals surface area contributed by atoms with Gasteiger partial charge in [0.1, 0.15) is 0 Å². The van der Waals surface area contributed by atoms with Crippen LogP contribution in [-0.4, -0.2) is 12.1 Å². The summed E-state index contributed by atoms with van der Waals surface area (Å²) in [6, 6.07) is 1.72. The molecule has 0 spiro atoms. The molecule has 0 radical (unpaired) electrons. The van der Waals surface area contributed by atoms with Crippen molar-refractivity contribution in [3.05, 3.63) is 0 Å². The van der Waals surface area contributed by atoms with Crippen LogP contribution in [-0.2, 0) is 0 Å². The monoisotopic (exact) mass is 179 g/mol. The summed E-state index contributed by atoms with van der Waals surface area (Å²) in [5, 5.41) is 3.90. The average molecular weight is 179 g/mol. The van der Waals surface area contributed by atoms with Gasteiger partial charge in [0.2, 0.25) is 0 Å². The van der Waals surface area contributed by atoms with Gasteiger partial charge in [0.05, 0.1) is 0 Å². The molecule has 0 aromatic carbocycles. The molecule has 0 saturated heterocycles. The van der Waals surface area contributed by atoms with E-state index in [0.29, 0.717) is 0 Å². The Morgan fingerprint density at radius 1 is 0.846 bits per heavy atom. The van der Waals surface area contributed by atoms with E-state index in [1.807, 2.05) is 0 Å². The number of hydrogen-bond acceptors (Lipinski definition) is 1. The normalized spacial score (nSPS) is 30.9. The van der Waals surface area contributed by atoms with E-state index in [0.717, 1.165) is 29.8 Å². The van der Waals surface area contributed by atoms with Gasteiger partial charge in [-0.15, -0.1) is 0 Å². The fourth-order valence-corrected chi connectivity index (χ4v) is 2.60. The fraction of sp³-hybridized carbons (Fsp3) is 1.00. The van der Waals surface area contributed by atoms with Gasteiger partial charge >= 0.3 is 0 Å². The molecule has 3 fully saturated rings.